The van der Waals surface area contributed by atoms with Gasteiger partial charge in [-0.05, 0) is 58.8 Å². The highest BCUT2D eigenvalue weighted by atomic mass is 16.6. The normalized spacial score (nSPS) is 20.7. The average Bonchev–Trinajstić information content (AvgIpc) is 2.76. The number of ether oxygens (including phenoxy) is 2. The van der Waals surface area contributed by atoms with Gasteiger partial charge >= 0.3 is 12.1 Å². The van der Waals surface area contributed by atoms with Gasteiger partial charge in [0.25, 0.3) is 0 Å². The lowest BCUT2D eigenvalue weighted by Gasteiger charge is -2.34. The first-order chi connectivity index (χ1) is 15.5. The molecular formula is C23H40N4O6. The Kier molecular flexibility index (Phi) is 9.94. The molecule has 0 aromatic carbocycles. The van der Waals surface area contributed by atoms with Crippen molar-refractivity contribution in [3.8, 4) is 0 Å². The van der Waals surface area contributed by atoms with Gasteiger partial charge in [0.15, 0.2) is 0 Å². The Morgan fingerprint density at radius 2 is 1.73 bits per heavy atom. The fraction of sp³-hybridized carbons (Fsp3) is 0.826. The highest BCUT2D eigenvalue weighted by Crippen LogP contribution is 2.25. The van der Waals surface area contributed by atoms with Crippen molar-refractivity contribution in [3.63, 3.8) is 0 Å². The van der Waals surface area contributed by atoms with E-state index >= 15 is 0 Å². The molecular weight excluding hydrogens is 428 g/mol. The molecule has 0 radical (unpaired) electrons. The largest absolute Gasteiger partial charge is 0.469 e. The van der Waals surface area contributed by atoms with Crippen LogP contribution in [0.1, 0.15) is 65.7 Å². The van der Waals surface area contributed by atoms with Gasteiger partial charge < -0.3 is 30.3 Å². The Bertz CT molecular complexity index is 700. The Labute approximate surface area is 196 Å². The number of carbonyl (C=O) groups excluding carboxylic acids is 4. The van der Waals surface area contributed by atoms with Gasteiger partial charge in [-0.3, -0.25) is 14.4 Å². The third-order valence-electron chi connectivity index (χ3n) is 6.12. The number of piperidine rings is 2. The zero-order chi connectivity index (χ0) is 24.6. The summed E-state index contributed by atoms with van der Waals surface area (Å²) in [6.07, 6.45) is 3.19. The molecule has 2 rings (SSSR count). The minimum atomic E-state index is -0.803. The van der Waals surface area contributed by atoms with Gasteiger partial charge in [-0.15, -0.1) is 0 Å². The van der Waals surface area contributed by atoms with Crippen molar-refractivity contribution in [3.05, 3.63) is 0 Å². The SMILES string of the molecule is COC(=O)C[C@@H](N)NC(=O)[C@@H]1CCCN(C(=O)CCC2CCN(C(=O)OC(C)(C)C)CC2)C1. The molecule has 2 aliphatic rings. The Hall–Kier alpha value is -2.36. The fourth-order valence-corrected chi connectivity index (χ4v) is 4.25. The average molecular weight is 469 g/mol. The maximum atomic E-state index is 12.8. The molecule has 10 heteroatoms. The van der Waals surface area contributed by atoms with Crippen LogP contribution in [0.15, 0.2) is 0 Å². The second-order valence-electron chi connectivity index (χ2n) is 10.0. The zero-order valence-corrected chi connectivity index (χ0v) is 20.4. The predicted molar refractivity (Wildman–Crippen MR) is 122 cm³/mol. The molecule has 2 fully saturated rings. The smallest absolute Gasteiger partial charge is 0.410 e. The van der Waals surface area contributed by atoms with Gasteiger partial charge in [0.05, 0.1) is 25.6 Å². The van der Waals surface area contributed by atoms with Crippen molar-refractivity contribution in [2.24, 2.45) is 17.6 Å². The molecule has 3 N–H and O–H groups in total. The first kappa shape index (κ1) is 26.9. The Balaban J connectivity index is 1.72. The monoisotopic (exact) mass is 468 g/mol. The molecule has 188 valence electrons. The van der Waals surface area contributed by atoms with Gasteiger partial charge in [0, 0.05) is 32.6 Å². The van der Waals surface area contributed by atoms with Crippen molar-refractivity contribution >= 4 is 23.9 Å². The molecule has 10 nitrogen and oxygen atoms in total. The second kappa shape index (κ2) is 12.2. The number of rotatable bonds is 7. The topological polar surface area (TPSA) is 131 Å². The number of nitrogens with zero attached hydrogens (tertiary/aromatic N) is 2. The summed E-state index contributed by atoms with van der Waals surface area (Å²) >= 11 is 0. The molecule has 0 aliphatic carbocycles. The predicted octanol–water partition coefficient (Wildman–Crippen LogP) is 1.62. The van der Waals surface area contributed by atoms with Crippen LogP contribution in [-0.2, 0) is 23.9 Å². The number of hydrogen-bond acceptors (Lipinski definition) is 7. The molecule has 2 aliphatic heterocycles. The summed E-state index contributed by atoms with van der Waals surface area (Å²) in [6.45, 7) is 7.87. The van der Waals surface area contributed by atoms with E-state index in [1.54, 1.807) is 9.80 Å². The van der Waals surface area contributed by atoms with Gasteiger partial charge in [-0.1, -0.05) is 0 Å². The number of hydrogen-bond donors (Lipinski definition) is 2. The minimum absolute atomic E-state index is 0.0564. The van der Waals surface area contributed by atoms with E-state index in [4.69, 9.17) is 10.5 Å². The van der Waals surface area contributed by atoms with E-state index in [9.17, 15) is 19.2 Å². The molecule has 2 saturated heterocycles. The van der Waals surface area contributed by atoms with Crippen molar-refractivity contribution in [1.29, 1.82) is 0 Å². The number of carbonyl (C=O) groups is 4. The van der Waals surface area contributed by atoms with Gasteiger partial charge in [-0.2, -0.15) is 0 Å². The second-order valence-corrected chi connectivity index (χ2v) is 10.0. The summed E-state index contributed by atoms with van der Waals surface area (Å²) in [7, 11) is 1.27. The van der Waals surface area contributed by atoms with Crippen LogP contribution in [-0.4, -0.2) is 78.7 Å². The van der Waals surface area contributed by atoms with Gasteiger partial charge in [0.2, 0.25) is 11.8 Å². The number of methoxy groups -OCH3 is 1. The van der Waals surface area contributed by atoms with E-state index in [1.807, 2.05) is 20.8 Å². The maximum absolute atomic E-state index is 12.8. The van der Waals surface area contributed by atoms with Crippen LogP contribution in [0.5, 0.6) is 0 Å². The quantitative estimate of drug-likeness (QED) is 0.429. The van der Waals surface area contributed by atoms with Gasteiger partial charge in [0.1, 0.15) is 5.60 Å². The number of nitrogens with two attached hydrogens (primary N) is 1. The minimum Gasteiger partial charge on any atom is -0.469 e. The molecule has 0 aromatic heterocycles. The standard InChI is InChI=1S/C23H40N4O6/c1-23(2,3)33-22(31)26-12-9-16(10-13-26)7-8-19(28)27-11-5-6-17(15-27)21(30)25-18(24)14-20(29)32-4/h16-18H,5-15,24H2,1-4H3,(H,25,30)/t17-,18+/m1/s1. The molecule has 3 amide bonds. The van der Waals surface area contributed by atoms with Crippen LogP contribution in [0.4, 0.5) is 4.79 Å². The van der Waals surface area contributed by atoms with Crippen LogP contribution in [0, 0.1) is 11.8 Å². The fourth-order valence-electron chi connectivity index (χ4n) is 4.25. The molecule has 0 spiro atoms. The molecule has 0 saturated carbocycles. The van der Waals surface area contributed by atoms with Crippen molar-refractivity contribution < 1.29 is 28.7 Å². The summed E-state index contributed by atoms with van der Waals surface area (Å²) < 4.78 is 9.99. The van der Waals surface area contributed by atoms with E-state index < -0.39 is 17.7 Å². The number of likely N-dealkylation sites (tertiary alicyclic amines) is 2. The van der Waals surface area contributed by atoms with Crippen molar-refractivity contribution in [1.82, 2.24) is 15.1 Å². The molecule has 0 aromatic rings. The van der Waals surface area contributed by atoms with E-state index in [0.717, 1.165) is 25.7 Å². The lowest BCUT2D eigenvalue weighted by atomic mass is 9.91. The molecule has 2 atom stereocenters. The lowest BCUT2D eigenvalue weighted by molar-refractivity contribution is -0.141. The summed E-state index contributed by atoms with van der Waals surface area (Å²) in [4.78, 5) is 52.3. The highest BCUT2D eigenvalue weighted by Gasteiger charge is 2.31. The van der Waals surface area contributed by atoms with Crippen LogP contribution in [0.25, 0.3) is 0 Å². The first-order valence-electron chi connectivity index (χ1n) is 11.9. The van der Waals surface area contributed by atoms with Crippen LogP contribution < -0.4 is 11.1 Å². The van der Waals surface area contributed by atoms with Crippen molar-refractivity contribution in [2.75, 3.05) is 33.3 Å². The summed E-state index contributed by atoms with van der Waals surface area (Å²) in [5.41, 5.74) is 5.29. The van der Waals surface area contributed by atoms with Crippen LogP contribution in [0.3, 0.4) is 0 Å². The third kappa shape index (κ3) is 9.19. The Morgan fingerprint density at radius 1 is 1.06 bits per heavy atom. The zero-order valence-electron chi connectivity index (χ0n) is 20.4. The maximum Gasteiger partial charge on any atom is 0.410 e. The van der Waals surface area contributed by atoms with Crippen molar-refractivity contribution in [2.45, 2.75) is 77.5 Å². The molecule has 0 unspecified atom stereocenters. The lowest BCUT2D eigenvalue weighted by Crippen LogP contribution is -2.50. The molecule has 33 heavy (non-hydrogen) atoms. The summed E-state index contributed by atoms with van der Waals surface area (Å²) in [5, 5.41) is 2.64. The van der Waals surface area contributed by atoms with E-state index in [-0.39, 0.29) is 30.2 Å². The van der Waals surface area contributed by atoms with Gasteiger partial charge in [-0.25, -0.2) is 4.79 Å². The third-order valence-corrected chi connectivity index (χ3v) is 6.12. The number of esters is 1. The highest BCUT2D eigenvalue weighted by molar-refractivity contribution is 5.82. The van der Waals surface area contributed by atoms with E-state index in [0.29, 0.717) is 44.9 Å². The first-order valence-corrected chi connectivity index (χ1v) is 11.9. The molecule has 0 bridgehead atoms. The van der Waals surface area contributed by atoms with E-state index in [2.05, 4.69) is 10.1 Å². The summed E-state index contributed by atoms with van der Waals surface area (Å²) in [6, 6.07) is 0. The summed E-state index contributed by atoms with van der Waals surface area (Å²) in [5.74, 6) is -0.601. The number of amides is 3. The Morgan fingerprint density at radius 3 is 2.33 bits per heavy atom. The van der Waals surface area contributed by atoms with Crippen LogP contribution >= 0.6 is 0 Å². The van der Waals surface area contributed by atoms with Crippen LogP contribution in [0.2, 0.25) is 0 Å². The number of nitrogens with one attached hydrogen (secondary N) is 1. The molecule has 2 heterocycles. The van der Waals surface area contributed by atoms with E-state index in [1.165, 1.54) is 7.11 Å².